The van der Waals surface area contributed by atoms with Crippen LogP contribution in [0.2, 0.25) is 0 Å². The normalized spacial score (nSPS) is 19.5. The van der Waals surface area contributed by atoms with Crippen LogP contribution >= 0.6 is 0 Å². The highest BCUT2D eigenvalue weighted by Gasteiger charge is 2.23. The molecule has 6 heteroatoms. The fraction of sp³-hybridized carbons (Fsp3) is 0.364. The van der Waals surface area contributed by atoms with Gasteiger partial charge in [0.2, 0.25) is 5.91 Å². The molecule has 6 nitrogen and oxygen atoms in total. The van der Waals surface area contributed by atoms with Crippen molar-refractivity contribution in [1.82, 2.24) is 20.2 Å². The van der Waals surface area contributed by atoms with Gasteiger partial charge in [-0.1, -0.05) is 30.3 Å². The number of amides is 1. The Kier molecular flexibility index (Phi) is 5.58. The summed E-state index contributed by atoms with van der Waals surface area (Å²) in [4.78, 5) is 17.5. The lowest BCUT2D eigenvalue weighted by molar-refractivity contribution is -0.122. The van der Waals surface area contributed by atoms with Gasteiger partial charge in [0.25, 0.3) is 0 Å². The van der Waals surface area contributed by atoms with E-state index in [2.05, 4.69) is 22.5 Å². The first-order valence-corrected chi connectivity index (χ1v) is 9.85. The number of carbonyl (C=O) groups is 1. The van der Waals surface area contributed by atoms with Gasteiger partial charge in [-0.2, -0.15) is 0 Å². The molecule has 0 aliphatic carbocycles. The van der Waals surface area contributed by atoms with Crippen molar-refractivity contribution in [2.24, 2.45) is 0 Å². The average molecular weight is 378 g/mol. The standard InChI is InChI=1S/C22H26N4O2/c1-16-18(11-7-13-23-16)25-22(27)14-26-20-12-6-5-10-19(20)24-21(26)15-28-17-8-3-2-4-9-17/h2-6,8-10,12,16,18,23H,7,11,13-15H2,1H3,(H,25,27). The van der Waals surface area contributed by atoms with Crippen LogP contribution in [0.1, 0.15) is 25.6 Å². The summed E-state index contributed by atoms with van der Waals surface area (Å²) in [6, 6.07) is 18.0. The molecular weight excluding hydrogens is 352 g/mol. The zero-order valence-electron chi connectivity index (χ0n) is 16.1. The van der Waals surface area contributed by atoms with Gasteiger partial charge in [-0.15, -0.1) is 0 Å². The number of imidazole rings is 1. The molecule has 1 saturated heterocycles. The average Bonchev–Trinajstić information content (AvgIpc) is 3.06. The molecule has 2 N–H and O–H groups in total. The van der Waals surface area contributed by atoms with E-state index < -0.39 is 0 Å². The number of ether oxygens (including phenoxy) is 1. The largest absolute Gasteiger partial charge is 0.486 e. The van der Waals surface area contributed by atoms with Gasteiger partial charge in [-0.05, 0) is 50.6 Å². The second-order valence-electron chi connectivity index (χ2n) is 7.26. The van der Waals surface area contributed by atoms with Crippen LogP contribution in [0, 0.1) is 0 Å². The third kappa shape index (κ3) is 4.17. The van der Waals surface area contributed by atoms with Gasteiger partial charge in [0, 0.05) is 12.1 Å². The summed E-state index contributed by atoms with van der Waals surface area (Å²) < 4.78 is 7.84. The highest BCUT2D eigenvalue weighted by Crippen LogP contribution is 2.18. The van der Waals surface area contributed by atoms with E-state index in [1.807, 2.05) is 59.2 Å². The number of nitrogens with one attached hydrogen (secondary N) is 2. The van der Waals surface area contributed by atoms with Crippen molar-refractivity contribution in [2.45, 2.75) is 45.0 Å². The molecular formula is C22H26N4O2. The Morgan fingerprint density at radius 2 is 2.00 bits per heavy atom. The molecule has 28 heavy (non-hydrogen) atoms. The number of fused-ring (bicyclic) bond motifs is 1. The monoisotopic (exact) mass is 378 g/mol. The van der Waals surface area contributed by atoms with E-state index >= 15 is 0 Å². The zero-order chi connectivity index (χ0) is 19.3. The van der Waals surface area contributed by atoms with E-state index in [0.717, 1.165) is 42.0 Å². The first kappa shape index (κ1) is 18.5. The van der Waals surface area contributed by atoms with Crippen LogP contribution in [0.3, 0.4) is 0 Å². The highest BCUT2D eigenvalue weighted by atomic mass is 16.5. The predicted molar refractivity (Wildman–Crippen MR) is 109 cm³/mol. The number of hydrogen-bond donors (Lipinski definition) is 2. The van der Waals surface area contributed by atoms with Crippen molar-refractivity contribution in [1.29, 1.82) is 0 Å². The highest BCUT2D eigenvalue weighted by molar-refractivity contribution is 5.81. The second kappa shape index (κ2) is 8.44. The molecule has 3 aromatic rings. The number of aromatic nitrogens is 2. The van der Waals surface area contributed by atoms with E-state index in [9.17, 15) is 4.79 Å². The smallest absolute Gasteiger partial charge is 0.240 e. The lowest BCUT2D eigenvalue weighted by Gasteiger charge is -2.30. The topological polar surface area (TPSA) is 68.2 Å². The molecule has 1 fully saturated rings. The van der Waals surface area contributed by atoms with Crippen molar-refractivity contribution in [3.63, 3.8) is 0 Å². The van der Waals surface area contributed by atoms with E-state index in [0.29, 0.717) is 6.61 Å². The maximum atomic E-state index is 12.8. The lowest BCUT2D eigenvalue weighted by atomic mass is 10.00. The van der Waals surface area contributed by atoms with Gasteiger partial charge in [-0.25, -0.2) is 4.98 Å². The summed E-state index contributed by atoms with van der Waals surface area (Å²) in [6.45, 7) is 3.68. The molecule has 1 aliphatic rings. The van der Waals surface area contributed by atoms with Gasteiger partial charge in [0.1, 0.15) is 24.7 Å². The number of hydrogen-bond acceptors (Lipinski definition) is 4. The molecule has 146 valence electrons. The SMILES string of the molecule is CC1NCCCC1NC(=O)Cn1c(COc2ccccc2)nc2ccccc21. The molecule has 4 rings (SSSR count). The minimum atomic E-state index is 0.00432. The summed E-state index contributed by atoms with van der Waals surface area (Å²) in [7, 11) is 0. The first-order valence-electron chi connectivity index (χ1n) is 9.85. The van der Waals surface area contributed by atoms with Crippen LogP contribution < -0.4 is 15.4 Å². The van der Waals surface area contributed by atoms with Gasteiger partial charge in [-0.3, -0.25) is 4.79 Å². The van der Waals surface area contributed by atoms with Crippen molar-refractivity contribution in [3.8, 4) is 5.75 Å². The Bertz CT molecular complexity index is 938. The molecule has 2 heterocycles. The van der Waals surface area contributed by atoms with Crippen LogP contribution in [0.25, 0.3) is 11.0 Å². The first-order chi connectivity index (χ1) is 13.7. The molecule has 2 aromatic carbocycles. The summed E-state index contributed by atoms with van der Waals surface area (Å²) in [5.41, 5.74) is 1.81. The van der Waals surface area contributed by atoms with Crippen molar-refractivity contribution in [2.75, 3.05) is 6.54 Å². The number of benzene rings is 2. The number of nitrogens with zero attached hydrogens (tertiary/aromatic N) is 2. The summed E-state index contributed by atoms with van der Waals surface area (Å²) in [5.74, 6) is 1.53. The minimum Gasteiger partial charge on any atom is -0.486 e. The molecule has 0 bridgehead atoms. The molecule has 0 radical (unpaired) electrons. The Hall–Kier alpha value is -2.86. The van der Waals surface area contributed by atoms with E-state index in [1.54, 1.807) is 0 Å². The van der Waals surface area contributed by atoms with Crippen LogP contribution in [-0.4, -0.2) is 34.1 Å². The zero-order valence-corrected chi connectivity index (χ0v) is 16.1. The van der Waals surface area contributed by atoms with E-state index in [1.165, 1.54) is 0 Å². The third-order valence-electron chi connectivity index (χ3n) is 5.25. The molecule has 2 atom stereocenters. The van der Waals surface area contributed by atoms with Crippen LogP contribution in [0.5, 0.6) is 5.75 Å². The van der Waals surface area contributed by atoms with E-state index in [-0.39, 0.29) is 24.5 Å². The quantitative estimate of drug-likeness (QED) is 0.692. The maximum Gasteiger partial charge on any atom is 0.240 e. The molecule has 0 spiro atoms. The Morgan fingerprint density at radius 3 is 2.82 bits per heavy atom. The second-order valence-corrected chi connectivity index (χ2v) is 7.26. The van der Waals surface area contributed by atoms with E-state index in [4.69, 9.17) is 4.74 Å². The Labute approximate surface area is 164 Å². The van der Waals surface area contributed by atoms with Crippen LogP contribution in [0.4, 0.5) is 0 Å². The van der Waals surface area contributed by atoms with Crippen LogP contribution in [-0.2, 0) is 17.9 Å². The summed E-state index contributed by atoms with van der Waals surface area (Å²) >= 11 is 0. The van der Waals surface area contributed by atoms with Gasteiger partial charge >= 0.3 is 0 Å². The van der Waals surface area contributed by atoms with Crippen molar-refractivity contribution >= 4 is 16.9 Å². The summed E-state index contributed by atoms with van der Waals surface area (Å²) in [5, 5.41) is 6.60. The van der Waals surface area contributed by atoms with Gasteiger partial charge < -0.3 is 19.9 Å². The van der Waals surface area contributed by atoms with Crippen molar-refractivity contribution < 1.29 is 9.53 Å². The summed E-state index contributed by atoms with van der Waals surface area (Å²) in [6.07, 6.45) is 2.09. The molecule has 0 saturated carbocycles. The lowest BCUT2D eigenvalue weighted by Crippen LogP contribution is -2.52. The molecule has 1 amide bonds. The fourth-order valence-electron chi connectivity index (χ4n) is 3.71. The van der Waals surface area contributed by atoms with Crippen LogP contribution in [0.15, 0.2) is 54.6 Å². The number of carbonyl (C=O) groups excluding carboxylic acids is 1. The minimum absolute atomic E-state index is 0.00432. The maximum absolute atomic E-state index is 12.8. The number of piperidine rings is 1. The number of para-hydroxylation sites is 3. The predicted octanol–water partition coefficient (Wildman–Crippen LogP) is 2.87. The molecule has 2 unspecified atom stereocenters. The van der Waals surface area contributed by atoms with Gasteiger partial charge in [0.05, 0.1) is 11.0 Å². The third-order valence-corrected chi connectivity index (χ3v) is 5.25. The molecule has 1 aliphatic heterocycles. The number of rotatable bonds is 6. The van der Waals surface area contributed by atoms with Crippen molar-refractivity contribution in [3.05, 3.63) is 60.4 Å². The van der Waals surface area contributed by atoms with Gasteiger partial charge in [0.15, 0.2) is 0 Å². The fourth-order valence-corrected chi connectivity index (χ4v) is 3.71. The molecule has 1 aromatic heterocycles. The Balaban J connectivity index is 1.52. The Morgan fingerprint density at radius 1 is 1.21 bits per heavy atom.